The van der Waals surface area contributed by atoms with Gasteiger partial charge in [0.15, 0.2) is 0 Å². The summed E-state index contributed by atoms with van der Waals surface area (Å²) in [7, 11) is 0. The van der Waals surface area contributed by atoms with Crippen LogP contribution in [-0.4, -0.2) is 21.7 Å². The molecule has 2 atom stereocenters. The minimum Gasteiger partial charge on any atom is -0.508 e. The Morgan fingerprint density at radius 2 is 1.68 bits per heavy atom. The first-order valence-corrected chi connectivity index (χ1v) is 10.00. The van der Waals surface area contributed by atoms with E-state index in [1.807, 2.05) is 12.1 Å². The summed E-state index contributed by atoms with van der Waals surface area (Å²) >= 11 is 2.61. The molecule has 1 N–H and O–H groups in total. The maximum atomic E-state index is 9.38. The van der Waals surface area contributed by atoms with Crippen molar-refractivity contribution in [3.05, 3.63) is 29.8 Å². The molecule has 1 aromatic rings. The van der Waals surface area contributed by atoms with Crippen molar-refractivity contribution in [2.24, 2.45) is 5.92 Å². The number of rotatable bonds is 4. The highest BCUT2D eigenvalue weighted by atomic mass is 127. The van der Waals surface area contributed by atoms with Crippen molar-refractivity contribution < 1.29 is 9.84 Å². The van der Waals surface area contributed by atoms with Crippen LogP contribution in [0, 0.1) is 5.92 Å². The molecule has 0 bridgehead atoms. The lowest BCUT2D eigenvalue weighted by molar-refractivity contribution is -0.00483. The zero-order valence-electron chi connectivity index (χ0n) is 13.2. The second kappa shape index (κ2) is 8.00. The number of benzene rings is 1. The minimum atomic E-state index is 0.347. The van der Waals surface area contributed by atoms with E-state index in [-0.39, 0.29) is 0 Å². The van der Waals surface area contributed by atoms with Gasteiger partial charge in [-0.3, -0.25) is 0 Å². The summed E-state index contributed by atoms with van der Waals surface area (Å²) in [6.07, 6.45) is 11.2. The number of hydrogen-bond acceptors (Lipinski definition) is 2. The molecule has 0 aromatic heterocycles. The Balaban J connectivity index is 1.39. The lowest BCUT2D eigenvalue weighted by Crippen LogP contribution is -2.26. The highest BCUT2D eigenvalue weighted by molar-refractivity contribution is 14.1. The maximum absolute atomic E-state index is 9.38. The number of halogens is 1. The molecule has 2 fully saturated rings. The van der Waals surface area contributed by atoms with Crippen molar-refractivity contribution in [1.82, 2.24) is 0 Å². The van der Waals surface area contributed by atoms with Crippen LogP contribution >= 0.6 is 22.6 Å². The number of hydrogen-bond donors (Lipinski definition) is 1. The molecule has 2 nitrogen and oxygen atoms in total. The Morgan fingerprint density at radius 1 is 0.955 bits per heavy atom. The molecule has 0 amide bonds. The fraction of sp³-hybridized carbons (Fsp3) is 0.684. The first kappa shape index (κ1) is 16.6. The van der Waals surface area contributed by atoms with Crippen LogP contribution in [0.5, 0.6) is 5.75 Å². The van der Waals surface area contributed by atoms with E-state index in [1.165, 1.54) is 56.9 Å². The Labute approximate surface area is 147 Å². The van der Waals surface area contributed by atoms with Crippen molar-refractivity contribution >= 4 is 22.6 Å². The standard InChI is InChI=1S/C19H27IO2/c20-17-7-1-14(2-8-17)3-11-19-12-6-16(13-22-19)15-4-9-18(21)10-5-15/h4-5,9-10,14,16-17,19,21H,1-3,6-8,11-13H2. The number of phenolic OH excluding ortho intramolecular Hbond substituents is 1. The van der Waals surface area contributed by atoms with Gasteiger partial charge < -0.3 is 9.84 Å². The topological polar surface area (TPSA) is 29.5 Å². The lowest BCUT2D eigenvalue weighted by Gasteiger charge is -2.31. The smallest absolute Gasteiger partial charge is 0.115 e. The van der Waals surface area contributed by atoms with E-state index in [1.54, 1.807) is 12.1 Å². The van der Waals surface area contributed by atoms with Gasteiger partial charge in [-0.1, -0.05) is 34.7 Å². The molecule has 0 radical (unpaired) electrons. The molecule has 1 aliphatic heterocycles. The molecular formula is C19H27IO2. The van der Waals surface area contributed by atoms with Gasteiger partial charge in [0.05, 0.1) is 12.7 Å². The number of phenols is 1. The second-order valence-corrected chi connectivity index (χ2v) is 8.78. The number of ether oxygens (including phenoxy) is 1. The zero-order valence-corrected chi connectivity index (χ0v) is 15.4. The van der Waals surface area contributed by atoms with Gasteiger partial charge in [-0.25, -0.2) is 0 Å². The molecule has 122 valence electrons. The summed E-state index contributed by atoms with van der Waals surface area (Å²) in [6.45, 7) is 0.843. The van der Waals surface area contributed by atoms with E-state index in [9.17, 15) is 5.11 Å². The molecule has 22 heavy (non-hydrogen) atoms. The van der Waals surface area contributed by atoms with Gasteiger partial charge in [0.1, 0.15) is 5.75 Å². The van der Waals surface area contributed by atoms with Crippen molar-refractivity contribution in [1.29, 1.82) is 0 Å². The molecule has 2 unspecified atom stereocenters. The van der Waals surface area contributed by atoms with Crippen molar-refractivity contribution in [2.45, 2.75) is 67.3 Å². The first-order chi connectivity index (χ1) is 10.7. The molecule has 1 aliphatic carbocycles. The van der Waals surface area contributed by atoms with Gasteiger partial charge in [-0.2, -0.15) is 0 Å². The van der Waals surface area contributed by atoms with Gasteiger partial charge in [0, 0.05) is 9.84 Å². The van der Waals surface area contributed by atoms with Crippen LogP contribution in [0.4, 0.5) is 0 Å². The summed E-state index contributed by atoms with van der Waals surface area (Å²) in [4.78, 5) is 0. The molecule has 1 saturated carbocycles. The molecule has 2 aliphatic rings. The van der Waals surface area contributed by atoms with Crippen LogP contribution in [0.3, 0.4) is 0 Å². The van der Waals surface area contributed by atoms with Gasteiger partial charge in [0.25, 0.3) is 0 Å². The van der Waals surface area contributed by atoms with Gasteiger partial charge in [-0.05, 0) is 75.0 Å². The first-order valence-electron chi connectivity index (χ1n) is 8.75. The summed E-state index contributed by atoms with van der Waals surface area (Å²) in [5.74, 6) is 1.80. The summed E-state index contributed by atoms with van der Waals surface area (Å²) in [5.41, 5.74) is 1.30. The van der Waals surface area contributed by atoms with Crippen LogP contribution in [0.15, 0.2) is 24.3 Å². The largest absolute Gasteiger partial charge is 0.508 e. The predicted molar refractivity (Wildman–Crippen MR) is 98.8 cm³/mol. The SMILES string of the molecule is Oc1ccc(C2CCC(CCC3CCC(I)CC3)OC2)cc1. The van der Waals surface area contributed by atoms with Crippen LogP contribution in [-0.2, 0) is 4.74 Å². The maximum Gasteiger partial charge on any atom is 0.115 e. The summed E-state index contributed by atoms with van der Waals surface area (Å²) < 4.78 is 7.05. The van der Waals surface area contributed by atoms with E-state index >= 15 is 0 Å². The quantitative estimate of drug-likeness (QED) is 0.526. The molecule has 1 saturated heterocycles. The highest BCUT2D eigenvalue weighted by Crippen LogP contribution is 2.34. The highest BCUT2D eigenvalue weighted by Gasteiger charge is 2.25. The van der Waals surface area contributed by atoms with Crippen molar-refractivity contribution in [3.63, 3.8) is 0 Å². The Hall–Kier alpha value is -0.290. The van der Waals surface area contributed by atoms with E-state index < -0.39 is 0 Å². The normalized spacial score (nSPS) is 32.8. The van der Waals surface area contributed by atoms with Crippen molar-refractivity contribution in [3.8, 4) is 5.75 Å². The minimum absolute atomic E-state index is 0.347. The Bertz CT molecular complexity index is 443. The van der Waals surface area contributed by atoms with Crippen LogP contribution in [0.1, 0.15) is 62.8 Å². The third-order valence-corrected chi connectivity index (χ3v) is 6.65. The zero-order chi connectivity index (χ0) is 15.4. The Kier molecular flexibility index (Phi) is 6.02. The third kappa shape index (κ3) is 4.60. The second-order valence-electron chi connectivity index (χ2n) is 7.02. The van der Waals surface area contributed by atoms with Crippen molar-refractivity contribution in [2.75, 3.05) is 6.61 Å². The number of alkyl halides is 1. The van der Waals surface area contributed by atoms with Crippen LogP contribution in [0.25, 0.3) is 0 Å². The molecule has 0 spiro atoms. The van der Waals surface area contributed by atoms with E-state index in [2.05, 4.69) is 22.6 Å². The lowest BCUT2D eigenvalue weighted by atomic mass is 9.84. The summed E-state index contributed by atoms with van der Waals surface area (Å²) in [5, 5.41) is 9.38. The monoisotopic (exact) mass is 414 g/mol. The van der Waals surface area contributed by atoms with Crippen LogP contribution in [0.2, 0.25) is 0 Å². The molecule has 1 aromatic carbocycles. The molecular weight excluding hydrogens is 387 g/mol. The fourth-order valence-corrected chi connectivity index (χ4v) is 4.59. The average Bonchev–Trinajstić information content (AvgIpc) is 2.56. The molecule has 3 rings (SSSR count). The van der Waals surface area contributed by atoms with Gasteiger partial charge >= 0.3 is 0 Å². The fourth-order valence-electron chi connectivity index (χ4n) is 3.88. The molecule has 3 heteroatoms. The van der Waals surface area contributed by atoms with E-state index in [4.69, 9.17) is 4.74 Å². The average molecular weight is 414 g/mol. The predicted octanol–water partition coefficient (Wildman–Crippen LogP) is 5.43. The summed E-state index contributed by atoms with van der Waals surface area (Å²) in [6, 6.07) is 7.63. The van der Waals surface area contributed by atoms with Gasteiger partial charge in [0.2, 0.25) is 0 Å². The molecule has 1 heterocycles. The number of aromatic hydroxyl groups is 1. The van der Waals surface area contributed by atoms with Crippen LogP contribution < -0.4 is 0 Å². The Morgan fingerprint density at radius 3 is 2.32 bits per heavy atom. The third-order valence-electron chi connectivity index (χ3n) is 5.41. The van der Waals surface area contributed by atoms with E-state index in [0.29, 0.717) is 17.8 Å². The van der Waals surface area contributed by atoms with Gasteiger partial charge in [-0.15, -0.1) is 0 Å². The van der Waals surface area contributed by atoms with E-state index in [0.717, 1.165) is 16.4 Å².